The molecule has 3 heterocycles. The molecule has 2 amide bonds. The zero-order chi connectivity index (χ0) is 26.2. The van der Waals surface area contributed by atoms with Crippen LogP contribution in [0.2, 0.25) is 0 Å². The number of likely N-dealkylation sites (N-methyl/N-ethyl adjacent to an activating group) is 1. The molecule has 37 heavy (non-hydrogen) atoms. The van der Waals surface area contributed by atoms with Gasteiger partial charge in [0.15, 0.2) is 0 Å². The highest BCUT2D eigenvalue weighted by molar-refractivity contribution is 5.99. The van der Waals surface area contributed by atoms with Crippen molar-refractivity contribution in [3.05, 3.63) is 75.6 Å². The predicted octanol–water partition coefficient (Wildman–Crippen LogP) is 2.13. The highest BCUT2D eigenvalue weighted by Gasteiger charge is 2.20. The van der Waals surface area contributed by atoms with E-state index in [0.717, 1.165) is 34.6 Å². The number of nitroso groups, excluding NO2 is 1. The number of rotatable bonds is 9. The van der Waals surface area contributed by atoms with Crippen molar-refractivity contribution in [3.8, 4) is 0 Å². The van der Waals surface area contributed by atoms with Gasteiger partial charge in [-0.2, -0.15) is 5.10 Å². The molecule has 194 valence electrons. The van der Waals surface area contributed by atoms with Gasteiger partial charge in [-0.25, -0.2) is 0 Å². The molecule has 2 aliphatic rings. The maximum absolute atomic E-state index is 12.2. The zero-order valence-corrected chi connectivity index (χ0v) is 21.0. The van der Waals surface area contributed by atoms with Crippen LogP contribution in [0.25, 0.3) is 5.57 Å². The summed E-state index contributed by atoms with van der Waals surface area (Å²) in [4.78, 5) is 40.3. The Hall–Kier alpha value is -4.25. The molecule has 4 rings (SSSR count). The Morgan fingerprint density at radius 1 is 1.27 bits per heavy atom. The number of anilines is 1. The Kier molecular flexibility index (Phi) is 8.47. The van der Waals surface area contributed by atoms with Crippen LogP contribution in [-0.2, 0) is 11.2 Å². The van der Waals surface area contributed by atoms with Crippen LogP contribution < -0.4 is 15.5 Å². The molecule has 0 aliphatic carbocycles. The second kappa shape index (κ2) is 12.1. The minimum absolute atomic E-state index is 0.0601. The predicted molar refractivity (Wildman–Crippen MR) is 143 cm³/mol. The number of hydrogen-bond donors (Lipinski definition) is 3. The SMILES string of the molecule is CN/C=C\C(=C/CN(C)/N=C/c1ccc(C(=O)N=O)cc1N1CCOCC1)c1cc2c([nH]1)CCNC2=O. The van der Waals surface area contributed by atoms with Gasteiger partial charge in [0.25, 0.3) is 5.91 Å². The smallest absolute Gasteiger partial charge is 0.316 e. The van der Waals surface area contributed by atoms with E-state index in [1.54, 1.807) is 29.4 Å². The standard InChI is InChI=1S/C26H31N7O4/c1-27-8-5-18(23-16-21-22(30-23)6-9-28-26(21)35)7-10-32(2)29-17-20-4-3-19(25(34)31-36)15-24(20)33-11-13-37-14-12-33/h3-5,7-8,15-17,27,30H,6,9-14H2,1-2H3,(H,28,35)/b8-5-,18-7+,29-17+. The van der Waals surface area contributed by atoms with Gasteiger partial charge in [-0.3, -0.25) is 14.6 Å². The monoisotopic (exact) mass is 505 g/mol. The van der Waals surface area contributed by atoms with Crippen molar-refractivity contribution in [3.63, 3.8) is 0 Å². The number of benzene rings is 1. The van der Waals surface area contributed by atoms with E-state index < -0.39 is 5.91 Å². The van der Waals surface area contributed by atoms with Gasteiger partial charge in [-0.05, 0) is 36.0 Å². The highest BCUT2D eigenvalue weighted by atomic mass is 16.5. The average Bonchev–Trinajstić information content (AvgIpc) is 3.37. The maximum atomic E-state index is 12.2. The van der Waals surface area contributed by atoms with Crippen LogP contribution in [0.3, 0.4) is 0 Å². The van der Waals surface area contributed by atoms with Gasteiger partial charge in [-0.15, -0.1) is 4.91 Å². The Morgan fingerprint density at radius 2 is 2.08 bits per heavy atom. The van der Waals surface area contributed by atoms with E-state index in [2.05, 4.69) is 30.8 Å². The number of amides is 2. The summed E-state index contributed by atoms with van der Waals surface area (Å²) in [5.41, 5.74) is 5.28. The van der Waals surface area contributed by atoms with E-state index in [-0.39, 0.29) is 11.5 Å². The summed E-state index contributed by atoms with van der Waals surface area (Å²) in [5, 5.41) is 14.8. The molecule has 2 aliphatic heterocycles. The first kappa shape index (κ1) is 25.8. The third-order valence-electron chi connectivity index (χ3n) is 6.23. The number of carbonyl (C=O) groups is 2. The van der Waals surface area contributed by atoms with Crippen molar-refractivity contribution >= 4 is 29.3 Å². The number of aromatic amines is 1. The summed E-state index contributed by atoms with van der Waals surface area (Å²) < 4.78 is 5.45. The Bertz CT molecular complexity index is 1240. The number of allylic oxidation sites excluding steroid dienone is 2. The second-order valence-corrected chi connectivity index (χ2v) is 8.72. The van der Waals surface area contributed by atoms with E-state index in [1.165, 1.54) is 0 Å². The number of aromatic nitrogens is 1. The summed E-state index contributed by atoms with van der Waals surface area (Å²) in [7, 11) is 3.69. The fourth-order valence-corrected chi connectivity index (χ4v) is 4.24. The van der Waals surface area contributed by atoms with Crippen LogP contribution in [0.15, 0.2) is 52.9 Å². The summed E-state index contributed by atoms with van der Waals surface area (Å²) in [6.07, 6.45) is 8.32. The van der Waals surface area contributed by atoms with Crippen LogP contribution in [0, 0.1) is 4.91 Å². The number of hydrazone groups is 1. The van der Waals surface area contributed by atoms with Crippen LogP contribution in [0.1, 0.15) is 37.7 Å². The molecule has 11 nitrogen and oxygen atoms in total. The Balaban J connectivity index is 1.53. The fourth-order valence-electron chi connectivity index (χ4n) is 4.24. The number of H-pyrrole nitrogens is 1. The Labute approximate surface area is 215 Å². The van der Waals surface area contributed by atoms with E-state index in [9.17, 15) is 14.5 Å². The lowest BCUT2D eigenvalue weighted by molar-refractivity contribution is 0.0944. The molecular weight excluding hydrogens is 474 g/mol. The molecule has 11 heteroatoms. The molecule has 3 N–H and O–H groups in total. The lowest BCUT2D eigenvalue weighted by Crippen LogP contribution is -2.37. The second-order valence-electron chi connectivity index (χ2n) is 8.72. The molecule has 1 aromatic carbocycles. The van der Waals surface area contributed by atoms with Crippen molar-refractivity contribution in [1.82, 2.24) is 20.6 Å². The third-order valence-corrected chi connectivity index (χ3v) is 6.23. The minimum atomic E-state index is -0.800. The number of morpholine rings is 1. The van der Waals surface area contributed by atoms with E-state index >= 15 is 0 Å². The first-order chi connectivity index (χ1) is 18.0. The molecule has 0 spiro atoms. The average molecular weight is 506 g/mol. The van der Waals surface area contributed by atoms with Crippen LogP contribution in [-0.4, -0.2) is 81.5 Å². The molecule has 2 aromatic rings. The molecule has 0 saturated carbocycles. The van der Waals surface area contributed by atoms with Gasteiger partial charge in [0, 0.05) is 73.5 Å². The molecule has 0 unspecified atom stereocenters. The van der Waals surface area contributed by atoms with Gasteiger partial charge in [0.1, 0.15) is 0 Å². The van der Waals surface area contributed by atoms with Crippen LogP contribution in [0.4, 0.5) is 5.69 Å². The minimum Gasteiger partial charge on any atom is -0.394 e. The van der Waals surface area contributed by atoms with Crippen LogP contribution in [0.5, 0.6) is 0 Å². The fraction of sp³-hybridized carbons (Fsp3) is 0.346. The molecule has 0 bridgehead atoms. The van der Waals surface area contributed by atoms with Crippen molar-refractivity contribution < 1.29 is 14.3 Å². The largest absolute Gasteiger partial charge is 0.394 e. The summed E-state index contributed by atoms with van der Waals surface area (Å²) >= 11 is 0. The van der Waals surface area contributed by atoms with Gasteiger partial charge in [0.2, 0.25) is 0 Å². The third kappa shape index (κ3) is 6.31. The number of ether oxygens (including phenoxy) is 1. The van der Waals surface area contributed by atoms with E-state index in [0.29, 0.717) is 45.0 Å². The van der Waals surface area contributed by atoms with Gasteiger partial charge < -0.3 is 25.3 Å². The molecule has 1 aromatic heterocycles. The lowest BCUT2D eigenvalue weighted by atomic mass is 10.1. The summed E-state index contributed by atoms with van der Waals surface area (Å²) in [6.45, 7) is 3.64. The quantitative estimate of drug-likeness (QED) is 0.206. The number of nitrogens with one attached hydrogen (secondary N) is 3. The molecule has 1 saturated heterocycles. The van der Waals surface area contributed by atoms with Gasteiger partial charge >= 0.3 is 5.91 Å². The summed E-state index contributed by atoms with van der Waals surface area (Å²) in [5.74, 6) is -0.860. The first-order valence-electron chi connectivity index (χ1n) is 12.1. The number of carbonyl (C=O) groups excluding carboxylic acids is 2. The Morgan fingerprint density at radius 3 is 2.81 bits per heavy atom. The van der Waals surface area contributed by atoms with Gasteiger partial charge in [0.05, 0.1) is 31.5 Å². The van der Waals surface area contributed by atoms with E-state index in [4.69, 9.17) is 4.74 Å². The zero-order valence-electron chi connectivity index (χ0n) is 21.0. The number of nitrogens with zero attached hydrogens (tertiary/aromatic N) is 4. The number of fused-ring (bicyclic) bond motifs is 1. The maximum Gasteiger partial charge on any atom is 0.316 e. The van der Waals surface area contributed by atoms with Crippen molar-refractivity contribution in [2.45, 2.75) is 6.42 Å². The van der Waals surface area contributed by atoms with Gasteiger partial charge in [-0.1, -0.05) is 12.1 Å². The first-order valence-corrected chi connectivity index (χ1v) is 12.1. The topological polar surface area (TPSA) is 131 Å². The normalized spacial score (nSPS) is 16.1. The van der Waals surface area contributed by atoms with Crippen molar-refractivity contribution in [2.24, 2.45) is 10.3 Å². The summed E-state index contributed by atoms with van der Waals surface area (Å²) in [6, 6.07) is 6.91. The van der Waals surface area contributed by atoms with Crippen molar-refractivity contribution in [2.75, 3.05) is 58.4 Å². The molecule has 0 radical (unpaired) electrons. The van der Waals surface area contributed by atoms with E-state index in [1.807, 2.05) is 38.5 Å². The highest BCUT2D eigenvalue weighted by Crippen LogP contribution is 2.24. The molecule has 1 fully saturated rings. The van der Waals surface area contributed by atoms with Crippen molar-refractivity contribution in [1.29, 1.82) is 0 Å². The molecule has 0 atom stereocenters. The lowest BCUT2D eigenvalue weighted by Gasteiger charge is -2.30. The number of hydrogen-bond acceptors (Lipinski definition) is 8. The molecular formula is C26H31N7O4. The van der Waals surface area contributed by atoms with Crippen LogP contribution >= 0.6 is 0 Å².